The fourth-order valence-electron chi connectivity index (χ4n) is 3.40. The summed E-state index contributed by atoms with van der Waals surface area (Å²) in [6, 6.07) is 8.39. The van der Waals surface area contributed by atoms with Crippen LogP contribution in [0, 0.1) is 5.92 Å². The van der Waals surface area contributed by atoms with Gasteiger partial charge in [0.15, 0.2) is 0 Å². The number of nitrogens with one attached hydrogen (secondary N) is 2. The topological polar surface area (TPSA) is 61.0 Å². The maximum Gasteiger partial charge on any atom is 0.230 e. The van der Waals surface area contributed by atoms with E-state index in [9.17, 15) is 4.79 Å². The minimum atomic E-state index is 0.181. The van der Waals surface area contributed by atoms with Gasteiger partial charge in [0.25, 0.3) is 0 Å². The van der Waals surface area contributed by atoms with Crippen LogP contribution >= 0.6 is 0 Å². The number of likely N-dealkylation sites (tertiary alicyclic amines) is 1. The molecule has 104 valence electrons. The molecule has 2 aromatic rings. The molecule has 5 nitrogen and oxygen atoms in total. The number of para-hydroxylation sites is 2. The molecule has 0 saturated carbocycles. The molecule has 2 atom stereocenters. The zero-order valence-corrected chi connectivity index (χ0v) is 11.3. The van der Waals surface area contributed by atoms with Crippen molar-refractivity contribution in [3.63, 3.8) is 0 Å². The van der Waals surface area contributed by atoms with Crippen molar-refractivity contribution in [2.75, 3.05) is 19.6 Å². The number of H-pyrrole nitrogens is 1. The van der Waals surface area contributed by atoms with E-state index in [1.54, 1.807) is 0 Å². The lowest BCUT2D eigenvalue weighted by Gasteiger charge is -2.16. The average Bonchev–Trinajstić information content (AvgIpc) is 3.11. The minimum absolute atomic E-state index is 0.181. The Kier molecular flexibility index (Phi) is 2.73. The molecule has 0 aliphatic carbocycles. The SMILES string of the molecule is O=C(Cc1nc2ccccc2[nH]1)N1C[C@@H]2CCN[C@@H]2C1. The van der Waals surface area contributed by atoms with Gasteiger partial charge in [0.2, 0.25) is 5.91 Å². The van der Waals surface area contributed by atoms with E-state index in [1.807, 2.05) is 29.2 Å². The molecule has 1 aromatic heterocycles. The molecule has 20 heavy (non-hydrogen) atoms. The first-order valence-corrected chi connectivity index (χ1v) is 7.24. The Morgan fingerprint density at radius 2 is 2.25 bits per heavy atom. The number of aromatic nitrogens is 2. The largest absolute Gasteiger partial charge is 0.342 e. The molecule has 1 aromatic carbocycles. The van der Waals surface area contributed by atoms with Crippen molar-refractivity contribution in [2.45, 2.75) is 18.9 Å². The predicted molar refractivity (Wildman–Crippen MR) is 76.3 cm³/mol. The number of imidazole rings is 1. The number of hydrogen-bond donors (Lipinski definition) is 2. The summed E-state index contributed by atoms with van der Waals surface area (Å²) < 4.78 is 0. The van der Waals surface area contributed by atoms with Crippen LogP contribution in [0.25, 0.3) is 11.0 Å². The third-order valence-electron chi connectivity index (χ3n) is 4.47. The molecule has 2 saturated heterocycles. The first-order chi connectivity index (χ1) is 9.79. The number of nitrogens with zero attached hydrogens (tertiary/aromatic N) is 2. The molecular formula is C15H18N4O. The van der Waals surface area contributed by atoms with E-state index in [0.29, 0.717) is 18.4 Å². The van der Waals surface area contributed by atoms with Crippen molar-refractivity contribution < 1.29 is 4.79 Å². The van der Waals surface area contributed by atoms with Gasteiger partial charge < -0.3 is 15.2 Å². The van der Waals surface area contributed by atoms with Gasteiger partial charge in [-0.3, -0.25) is 4.79 Å². The standard InChI is InChI=1S/C15H18N4O/c20-15(19-8-10-5-6-16-13(10)9-19)7-14-17-11-3-1-2-4-12(11)18-14/h1-4,10,13,16H,5-9H2,(H,17,18)/t10-,13+/m0/s1. The number of carbonyl (C=O) groups excluding carboxylic acids is 1. The highest BCUT2D eigenvalue weighted by Gasteiger charge is 2.37. The lowest BCUT2D eigenvalue weighted by atomic mass is 10.1. The first kappa shape index (κ1) is 11.9. The van der Waals surface area contributed by atoms with Crippen LogP contribution in [0.15, 0.2) is 24.3 Å². The molecule has 0 spiro atoms. The number of carbonyl (C=O) groups is 1. The normalized spacial score (nSPS) is 25.3. The highest BCUT2D eigenvalue weighted by molar-refractivity contribution is 5.81. The van der Waals surface area contributed by atoms with Crippen molar-refractivity contribution in [1.82, 2.24) is 20.2 Å². The van der Waals surface area contributed by atoms with E-state index in [1.165, 1.54) is 6.42 Å². The molecule has 0 bridgehead atoms. The van der Waals surface area contributed by atoms with E-state index >= 15 is 0 Å². The van der Waals surface area contributed by atoms with Gasteiger partial charge >= 0.3 is 0 Å². The molecule has 1 amide bonds. The monoisotopic (exact) mass is 270 g/mol. The fourth-order valence-corrected chi connectivity index (χ4v) is 3.40. The highest BCUT2D eigenvalue weighted by Crippen LogP contribution is 2.25. The molecule has 2 aliphatic rings. The second kappa shape index (κ2) is 4.59. The van der Waals surface area contributed by atoms with Crippen molar-refractivity contribution >= 4 is 16.9 Å². The van der Waals surface area contributed by atoms with E-state index in [2.05, 4.69) is 15.3 Å². The Balaban J connectivity index is 1.47. The maximum atomic E-state index is 12.4. The summed E-state index contributed by atoms with van der Waals surface area (Å²) in [5.41, 5.74) is 1.92. The van der Waals surface area contributed by atoms with E-state index in [-0.39, 0.29) is 5.91 Å². The Bertz CT molecular complexity index is 605. The number of amides is 1. The number of aromatic amines is 1. The van der Waals surface area contributed by atoms with Gasteiger partial charge in [0.05, 0.1) is 17.5 Å². The Morgan fingerprint density at radius 1 is 1.35 bits per heavy atom. The minimum Gasteiger partial charge on any atom is -0.342 e. The quantitative estimate of drug-likeness (QED) is 0.853. The molecular weight excluding hydrogens is 252 g/mol. The van der Waals surface area contributed by atoms with Gasteiger partial charge in [-0.15, -0.1) is 0 Å². The lowest BCUT2D eigenvalue weighted by Crippen LogP contribution is -2.34. The van der Waals surface area contributed by atoms with Crippen LogP contribution in [0.3, 0.4) is 0 Å². The zero-order chi connectivity index (χ0) is 13.5. The summed E-state index contributed by atoms with van der Waals surface area (Å²) in [5.74, 6) is 1.59. The predicted octanol–water partition coefficient (Wildman–Crippen LogP) is 0.926. The highest BCUT2D eigenvalue weighted by atomic mass is 16.2. The second-order valence-electron chi connectivity index (χ2n) is 5.79. The molecule has 2 fully saturated rings. The van der Waals surface area contributed by atoms with Crippen LogP contribution in [0.5, 0.6) is 0 Å². The number of benzene rings is 1. The van der Waals surface area contributed by atoms with Crippen LogP contribution < -0.4 is 5.32 Å². The third-order valence-corrected chi connectivity index (χ3v) is 4.47. The van der Waals surface area contributed by atoms with Crippen molar-refractivity contribution in [3.05, 3.63) is 30.1 Å². The number of fused-ring (bicyclic) bond motifs is 2. The van der Waals surface area contributed by atoms with E-state index in [4.69, 9.17) is 0 Å². The van der Waals surface area contributed by atoms with E-state index < -0.39 is 0 Å². The van der Waals surface area contributed by atoms with Gasteiger partial charge in [-0.25, -0.2) is 4.98 Å². The first-order valence-electron chi connectivity index (χ1n) is 7.24. The van der Waals surface area contributed by atoms with Gasteiger partial charge in [-0.1, -0.05) is 12.1 Å². The summed E-state index contributed by atoms with van der Waals surface area (Å²) in [5, 5.41) is 3.47. The Labute approximate surface area is 117 Å². The van der Waals surface area contributed by atoms with Crippen molar-refractivity contribution in [2.24, 2.45) is 5.92 Å². The van der Waals surface area contributed by atoms with Gasteiger partial charge in [0.1, 0.15) is 5.82 Å². The van der Waals surface area contributed by atoms with Gasteiger partial charge in [0, 0.05) is 19.1 Å². The van der Waals surface area contributed by atoms with Crippen LogP contribution in [0.4, 0.5) is 0 Å². The van der Waals surface area contributed by atoms with Gasteiger partial charge in [-0.05, 0) is 31.0 Å². The third kappa shape index (κ3) is 1.98. The lowest BCUT2D eigenvalue weighted by molar-refractivity contribution is -0.129. The number of hydrogen-bond acceptors (Lipinski definition) is 3. The van der Waals surface area contributed by atoms with Crippen molar-refractivity contribution in [3.8, 4) is 0 Å². The fraction of sp³-hybridized carbons (Fsp3) is 0.467. The summed E-state index contributed by atoms with van der Waals surface area (Å²) >= 11 is 0. The second-order valence-corrected chi connectivity index (χ2v) is 5.79. The van der Waals surface area contributed by atoms with Crippen molar-refractivity contribution in [1.29, 1.82) is 0 Å². The molecule has 4 rings (SSSR count). The van der Waals surface area contributed by atoms with Crippen LogP contribution in [0.1, 0.15) is 12.2 Å². The zero-order valence-electron chi connectivity index (χ0n) is 11.3. The van der Waals surface area contributed by atoms with Gasteiger partial charge in [-0.2, -0.15) is 0 Å². The van der Waals surface area contributed by atoms with Crippen LogP contribution in [-0.2, 0) is 11.2 Å². The number of rotatable bonds is 2. The summed E-state index contributed by atoms with van der Waals surface area (Å²) in [7, 11) is 0. The van der Waals surface area contributed by atoms with Crippen LogP contribution in [-0.4, -0.2) is 46.5 Å². The molecule has 2 aliphatic heterocycles. The molecule has 5 heteroatoms. The molecule has 0 radical (unpaired) electrons. The van der Waals surface area contributed by atoms with E-state index in [0.717, 1.165) is 36.5 Å². The summed E-state index contributed by atoms with van der Waals surface area (Å²) in [4.78, 5) is 22.0. The maximum absolute atomic E-state index is 12.4. The Hall–Kier alpha value is -1.88. The molecule has 0 unspecified atom stereocenters. The molecule has 2 N–H and O–H groups in total. The smallest absolute Gasteiger partial charge is 0.230 e. The summed E-state index contributed by atoms with van der Waals surface area (Å²) in [6.45, 7) is 2.85. The average molecular weight is 270 g/mol. The summed E-state index contributed by atoms with van der Waals surface area (Å²) in [6.07, 6.45) is 1.56. The van der Waals surface area contributed by atoms with Crippen LogP contribution in [0.2, 0.25) is 0 Å². The Morgan fingerprint density at radius 3 is 3.10 bits per heavy atom. The molecule has 3 heterocycles.